The molecular weight excluding hydrogens is 344 g/mol. The van der Waals surface area contributed by atoms with Crippen molar-refractivity contribution in [3.05, 3.63) is 89.9 Å². The lowest BCUT2D eigenvalue weighted by molar-refractivity contribution is -0.115. The van der Waals surface area contributed by atoms with Crippen LogP contribution in [0, 0.1) is 0 Å². The molecule has 0 saturated carbocycles. The summed E-state index contributed by atoms with van der Waals surface area (Å²) in [7, 11) is 1.33. The van der Waals surface area contributed by atoms with Crippen LogP contribution in [0.4, 0.5) is 5.69 Å². The molecule has 1 amide bonds. The van der Waals surface area contributed by atoms with Crippen LogP contribution in [0.5, 0.6) is 0 Å². The van der Waals surface area contributed by atoms with Gasteiger partial charge in [0, 0.05) is 5.69 Å². The lowest BCUT2D eigenvalue weighted by Gasteiger charge is -2.17. The van der Waals surface area contributed by atoms with E-state index in [-0.39, 0.29) is 18.5 Å². The Morgan fingerprint density at radius 2 is 1.74 bits per heavy atom. The lowest BCUT2D eigenvalue weighted by atomic mass is 10.0. The standard InChI is InChI=1S/C21H20N2O4/c1-26-21(25)16-9-11-17(12-10-16)23-19(24)14-22-20(18-8-5-13-27-18)15-6-3-2-4-7-15/h2-13,20,22H,14H2,1H3,(H,23,24)/t20-/m0/s1. The fraction of sp³-hybridized carbons (Fsp3) is 0.143. The van der Waals surface area contributed by atoms with Gasteiger partial charge in [-0.05, 0) is 42.0 Å². The minimum Gasteiger partial charge on any atom is -0.467 e. The van der Waals surface area contributed by atoms with Crippen LogP contribution in [0.25, 0.3) is 0 Å². The maximum Gasteiger partial charge on any atom is 0.337 e. The molecule has 1 atom stereocenters. The predicted molar refractivity (Wildman–Crippen MR) is 101 cm³/mol. The third kappa shape index (κ3) is 4.83. The molecule has 3 aromatic rings. The van der Waals surface area contributed by atoms with Crippen LogP contribution >= 0.6 is 0 Å². The number of nitrogens with one attached hydrogen (secondary N) is 2. The van der Waals surface area contributed by atoms with Crippen molar-refractivity contribution in [3.63, 3.8) is 0 Å². The Bertz CT molecular complexity index is 874. The molecule has 3 rings (SSSR count). The summed E-state index contributed by atoms with van der Waals surface area (Å²) in [6.07, 6.45) is 1.61. The van der Waals surface area contributed by atoms with Gasteiger partial charge in [0.05, 0.1) is 31.5 Å². The van der Waals surface area contributed by atoms with Crippen molar-refractivity contribution >= 4 is 17.6 Å². The first-order valence-electron chi connectivity index (χ1n) is 8.47. The van der Waals surface area contributed by atoms with Crippen molar-refractivity contribution in [2.75, 3.05) is 19.0 Å². The van der Waals surface area contributed by atoms with Crippen LogP contribution in [0.15, 0.2) is 77.4 Å². The van der Waals surface area contributed by atoms with E-state index in [1.807, 2.05) is 42.5 Å². The highest BCUT2D eigenvalue weighted by molar-refractivity contribution is 5.94. The Kier molecular flexibility index (Phi) is 6.02. The largest absolute Gasteiger partial charge is 0.467 e. The molecule has 6 nitrogen and oxygen atoms in total. The van der Waals surface area contributed by atoms with Crippen molar-refractivity contribution in [1.29, 1.82) is 0 Å². The summed E-state index contributed by atoms with van der Waals surface area (Å²) < 4.78 is 10.2. The molecule has 0 radical (unpaired) electrons. The molecule has 0 aliphatic carbocycles. The summed E-state index contributed by atoms with van der Waals surface area (Å²) in [5.41, 5.74) is 2.03. The molecule has 138 valence electrons. The highest BCUT2D eigenvalue weighted by atomic mass is 16.5. The smallest absolute Gasteiger partial charge is 0.337 e. The maximum absolute atomic E-state index is 12.3. The molecule has 6 heteroatoms. The Morgan fingerprint density at radius 3 is 2.37 bits per heavy atom. The number of anilines is 1. The molecule has 27 heavy (non-hydrogen) atoms. The molecule has 2 aromatic carbocycles. The average molecular weight is 364 g/mol. The first kappa shape index (κ1) is 18.4. The van der Waals surface area contributed by atoms with Gasteiger partial charge in [-0.1, -0.05) is 30.3 Å². The first-order valence-corrected chi connectivity index (χ1v) is 8.47. The van der Waals surface area contributed by atoms with Crippen LogP contribution in [-0.4, -0.2) is 25.5 Å². The van der Waals surface area contributed by atoms with E-state index in [1.54, 1.807) is 30.5 Å². The number of hydrogen-bond acceptors (Lipinski definition) is 5. The second-order valence-corrected chi connectivity index (χ2v) is 5.86. The number of rotatable bonds is 7. The van der Waals surface area contributed by atoms with Gasteiger partial charge in [0.25, 0.3) is 0 Å². The van der Waals surface area contributed by atoms with Gasteiger partial charge in [0.15, 0.2) is 0 Å². The monoisotopic (exact) mass is 364 g/mol. The fourth-order valence-corrected chi connectivity index (χ4v) is 2.69. The number of hydrogen-bond donors (Lipinski definition) is 2. The molecular formula is C21H20N2O4. The summed E-state index contributed by atoms with van der Waals surface area (Å²) in [6.45, 7) is 0.0962. The second-order valence-electron chi connectivity index (χ2n) is 5.86. The first-order chi connectivity index (χ1) is 13.2. The highest BCUT2D eigenvalue weighted by Gasteiger charge is 2.17. The zero-order valence-corrected chi connectivity index (χ0v) is 14.8. The van der Waals surface area contributed by atoms with E-state index in [0.29, 0.717) is 11.3 Å². The Hall–Kier alpha value is -3.38. The molecule has 2 N–H and O–H groups in total. The number of benzene rings is 2. The number of ether oxygens (including phenoxy) is 1. The van der Waals surface area contributed by atoms with E-state index in [4.69, 9.17) is 4.42 Å². The molecule has 0 saturated heterocycles. The molecule has 1 aromatic heterocycles. The van der Waals surface area contributed by atoms with Crippen molar-refractivity contribution in [1.82, 2.24) is 5.32 Å². The SMILES string of the molecule is COC(=O)c1ccc(NC(=O)CN[C@@H](c2ccccc2)c2ccco2)cc1. The summed E-state index contributed by atoms with van der Waals surface area (Å²) in [5.74, 6) is 0.114. The minimum absolute atomic E-state index is 0.0962. The third-order valence-corrected chi connectivity index (χ3v) is 4.02. The maximum atomic E-state index is 12.3. The van der Waals surface area contributed by atoms with Crippen LogP contribution in [0.2, 0.25) is 0 Å². The molecule has 0 bridgehead atoms. The molecule has 1 heterocycles. The molecule has 0 fully saturated rings. The normalized spacial score (nSPS) is 11.6. The van der Waals surface area contributed by atoms with Crippen molar-refractivity contribution in [3.8, 4) is 0 Å². The fourth-order valence-electron chi connectivity index (χ4n) is 2.69. The number of methoxy groups -OCH3 is 1. The summed E-state index contributed by atoms with van der Waals surface area (Å²) in [6, 6.07) is 19.7. The summed E-state index contributed by atoms with van der Waals surface area (Å²) in [4.78, 5) is 23.7. The summed E-state index contributed by atoms with van der Waals surface area (Å²) >= 11 is 0. The number of esters is 1. The van der Waals surface area contributed by atoms with E-state index >= 15 is 0 Å². The van der Waals surface area contributed by atoms with Gasteiger partial charge >= 0.3 is 5.97 Å². The zero-order valence-electron chi connectivity index (χ0n) is 14.8. The van der Waals surface area contributed by atoms with Gasteiger partial charge < -0.3 is 14.5 Å². The van der Waals surface area contributed by atoms with Gasteiger partial charge in [-0.15, -0.1) is 0 Å². The van der Waals surface area contributed by atoms with E-state index in [0.717, 1.165) is 11.3 Å². The van der Waals surface area contributed by atoms with E-state index in [1.165, 1.54) is 7.11 Å². The van der Waals surface area contributed by atoms with Gasteiger partial charge in [0.2, 0.25) is 5.91 Å². The molecule has 0 aliphatic rings. The van der Waals surface area contributed by atoms with Gasteiger partial charge in [-0.25, -0.2) is 4.79 Å². The summed E-state index contributed by atoms with van der Waals surface area (Å²) in [5, 5.41) is 6.01. The predicted octanol–water partition coefficient (Wildman–Crippen LogP) is 3.38. The molecule has 0 spiro atoms. The van der Waals surface area contributed by atoms with Crippen LogP contribution in [0.3, 0.4) is 0 Å². The Morgan fingerprint density at radius 1 is 1.00 bits per heavy atom. The number of amides is 1. The lowest BCUT2D eigenvalue weighted by Crippen LogP contribution is -2.31. The minimum atomic E-state index is -0.418. The zero-order chi connectivity index (χ0) is 19.1. The van der Waals surface area contributed by atoms with Crippen molar-refractivity contribution in [2.24, 2.45) is 0 Å². The third-order valence-electron chi connectivity index (χ3n) is 4.02. The van der Waals surface area contributed by atoms with Crippen molar-refractivity contribution < 1.29 is 18.7 Å². The number of carbonyl (C=O) groups excluding carboxylic acids is 2. The topological polar surface area (TPSA) is 80.6 Å². The van der Waals surface area contributed by atoms with Crippen LogP contribution in [-0.2, 0) is 9.53 Å². The second kappa shape index (κ2) is 8.82. The quantitative estimate of drug-likeness (QED) is 0.628. The highest BCUT2D eigenvalue weighted by Crippen LogP contribution is 2.22. The average Bonchev–Trinajstić information content (AvgIpc) is 3.23. The number of carbonyl (C=O) groups is 2. The van der Waals surface area contributed by atoms with Crippen molar-refractivity contribution in [2.45, 2.75) is 6.04 Å². The van der Waals surface area contributed by atoms with E-state index in [2.05, 4.69) is 15.4 Å². The molecule has 0 unspecified atom stereocenters. The molecule has 0 aliphatic heterocycles. The number of furan rings is 1. The van der Waals surface area contributed by atoms with Gasteiger partial charge in [-0.2, -0.15) is 0 Å². The van der Waals surface area contributed by atoms with Crippen LogP contribution in [0.1, 0.15) is 27.7 Å². The Labute approximate surface area is 157 Å². The van der Waals surface area contributed by atoms with E-state index < -0.39 is 5.97 Å². The van der Waals surface area contributed by atoms with E-state index in [9.17, 15) is 9.59 Å². The van der Waals surface area contributed by atoms with Gasteiger partial charge in [0.1, 0.15) is 5.76 Å². The van der Waals surface area contributed by atoms with Crippen LogP contribution < -0.4 is 10.6 Å². The van der Waals surface area contributed by atoms with Gasteiger partial charge in [-0.3, -0.25) is 10.1 Å². The Balaban J connectivity index is 1.62.